The molecule has 88 heavy (non-hydrogen) atoms. The molecule has 7 heterocycles. The lowest BCUT2D eigenvalue weighted by Gasteiger charge is -2.52. The number of aryl methyl sites for hydroxylation is 1. The summed E-state index contributed by atoms with van der Waals surface area (Å²) in [5, 5.41) is 76.0. The zero-order chi connectivity index (χ0) is 63.6. The fraction of sp³-hybridized carbons (Fsp3) is 0.459. The number of aliphatic hydroxyl groups excluding tert-OH is 2. The number of carbonyl (C=O) groups excluding carboxylic acids is 6. The number of phenolic OH excluding ortho intramolecular Hbond substituents is 1. The Morgan fingerprint density at radius 1 is 0.898 bits per heavy atom. The van der Waals surface area contributed by atoms with E-state index in [9.17, 15) is 64.2 Å². The molecule has 0 radical (unpaired) electrons. The molecular formula is C61H72N12O15. The number of ketones is 2. The normalized spacial score (nSPS) is 24.9. The zero-order valence-electron chi connectivity index (χ0n) is 49.9. The molecule has 3 aromatic heterocycles. The van der Waals surface area contributed by atoms with Crippen molar-refractivity contribution in [1.29, 1.82) is 0 Å². The Morgan fingerprint density at radius 3 is 2.24 bits per heavy atom. The fourth-order valence-corrected chi connectivity index (χ4v) is 13.7. The van der Waals surface area contributed by atoms with Crippen molar-refractivity contribution in [2.45, 2.75) is 114 Å². The highest BCUT2D eigenvalue weighted by molar-refractivity contribution is 6.25. The summed E-state index contributed by atoms with van der Waals surface area (Å²) < 4.78 is 12.7. The predicted octanol–water partition coefficient (Wildman–Crippen LogP) is 3.95. The number of hydrogen-bond donors (Lipinski definition) is 9. The van der Waals surface area contributed by atoms with Crippen LogP contribution >= 0.6 is 0 Å². The summed E-state index contributed by atoms with van der Waals surface area (Å²) in [6.07, 6.45) is 7.40. The summed E-state index contributed by atoms with van der Waals surface area (Å²) in [5.41, 5.74) is 6.85. The van der Waals surface area contributed by atoms with Gasteiger partial charge in [0.15, 0.2) is 28.5 Å². The molecule has 3 amide bonds. The van der Waals surface area contributed by atoms with E-state index in [-0.39, 0.29) is 53.7 Å². The van der Waals surface area contributed by atoms with E-state index in [0.717, 1.165) is 34.9 Å². The van der Waals surface area contributed by atoms with Crippen molar-refractivity contribution >= 4 is 52.2 Å². The van der Waals surface area contributed by atoms with Gasteiger partial charge in [-0.3, -0.25) is 33.9 Å². The maximum Gasteiger partial charge on any atom is 0.415 e. The third kappa shape index (κ3) is 10.4. The van der Waals surface area contributed by atoms with Gasteiger partial charge in [-0.25, -0.2) is 19.6 Å². The number of nitrogens with two attached hydrogens (primary N) is 2. The molecule has 4 aliphatic heterocycles. The summed E-state index contributed by atoms with van der Waals surface area (Å²) in [4.78, 5) is 105. The van der Waals surface area contributed by atoms with E-state index in [0.29, 0.717) is 60.4 Å². The van der Waals surface area contributed by atoms with E-state index >= 15 is 0 Å². The molecule has 27 heteroatoms. The second-order valence-electron chi connectivity index (χ2n) is 23.7. The molecule has 0 unspecified atom stereocenters. The van der Waals surface area contributed by atoms with Gasteiger partial charge in [-0.15, -0.1) is 5.11 Å². The average Bonchev–Trinajstić information content (AvgIpc) is 1.21. The number of hydrogen-bond acceptors (Lipinski definition) is 21. The van der Waals surface area contributed by atoms with Crippen LogP contribution in [0, 0.1) is 11.8 Å². The van der Waals surface area contributed by atoms with Crippen molar-refractivity contribution in [2.24, 2.45) is 33.6 Å². The number of nitrogens with zero attached hydrogens (tertiary/aromatic N) is 9. The summed E-state index contributed by atoms with van der Waals surface area (Å²) in [6.45, 7) is 9.05. The van der Waals surface area contributed by atoms with Crippen molar-refractivity contribution < 1.29 is 68.9 Å². The van der Waals surface area contributed by atoms with Crippen LogP contribution in [0.25, 0.3) is 22.3 Å². The van der Waals surface area contributed by atoms with E-state index in [1.54, 1.807) is 37.7 Å². The molecule has 2 aromatic carbocycles. The van der Waals surface area contributed by atoms with E-state index < -0.39 is 92.4 Å². The number of primary amides is 2. The first-order valence-corrected chi connectivity index (χ1v) is 29.2. The maximum atomic E-state index is 13.6. The highest BCUT2D eigenvalue weighted by Crippen LogP contribution is 2.57. The standard InChI is InChI=1S/C33H38N4O6.C22H24N2O8.C6H10N6O/c1-3-22-23-16-21(43-32(40)36-14-10-20(11-15-36)35-12-6-5-7-13-35)8-9-27(23)34-29-24(22)18-37-28(29)17-26-25(30(37)38)19-42-31(39)33(26,41)4-2;1-21(31)8-5-4-6-11(25)12(8)16(26)13-9(21)7-10-15(24(2)3)17(27)14(20(23)30)19(29)22(10,32)18(13)28;1-12(2)11-10-6-4(5(7)13)8-3-9-6/h8-9,16-17,20,41H,3-7,10-15,18-19H2,1-2H3;4-6,9-10,15,25,27-28,31-32H,7H2,1-3H3,(H2,23,30);3H,1-2H3,(H2,7,13)(H,8,9)/b;;11-10+/t33-;9-,10-,15-,21+,22-;/m00./s1. The van der Waals surface area contributed by atoms with Gasteiger partial charge in [-0.05, 0) is 121 Å². The molecule has 7 aliphatic rings. The fourth-order valence-electron chi connectivity index (χ4n) is 13.7. The first-order chi connectivity index (χ1) is 41.7. The number of ether oxygens (including phenoxy) is 2. The van der Waals surface area contributed by atoms with E-state index in [4.69, 9.17) is 25.9 Å². The SMILES string of the molecule is CCc1c2c(nc3ccc(OC(=O)N4CCC(N5CCCCC5)CC4)cc13)-c1cc3c(c(=O)n1C2)COC(=O)[C@]3(O)CC.CN(C)/N=N/c1[nH]cnc1C(N)=O.CN(C)[C@@H]1C(O)=C(C(N)=O)C(=O)[C@@]2(O)C(O)=C3C(=O)c4c(O)cccc4[C@@](C)(O)[C@H]3C[C@@H]12. The maximum absolute atomic E-state index is 13.6. The van der Waals surface area contributed by atoms with E-state index in [2.05, 4.69) is 32.1 Å². The van der Waals surface area contributed by atoms with Crippen molar-refractivity contribution in [3.05, 3.63) is 121 Å². The Balaban J connectivity index is 0.000000166. The van der Waals surface area contributed by atoms with Crippen LogP contribution in [0.5, 0.6) is 11.5 Å². The van der Waals surface area contributed by atoms with Gasteiger partial charge in [0, 0.05) is 67.1 Å². The number of H-pyrrole nitrogens is 1. The molecule has 6 atom stereocenters. The minimum absolute atomic E-state index is 0.0885. The van der Waals surface area contributed by atoms with Crippen molar-refractivity contribution in [1.82, 2.24) is 39.2 Å². The van der Waals surface area contributed by atoms with Gasteiger partial charge in [-0.2, -0.15) is 0 Å². The molecule has 2 saturated heterocycles. The summed E-state index contributed by atoms with van der Waals surface area (Å²) >= 11 is 0. The third-order valence-corrected chi connectivity index (χ3v) is 18.2. The summed E-state index contributed by atoms with van der Waals surface area (Å²) in [6, 6.07) is 10.8. The van der Waals surface area contributed by atoms with E-state index in [1.807, 2.05) is 17.0 Å². The number of imidazole rings is 1. The highest BCUT2D eigenvalue weighted by atomic mass is 16.6. The number of aliphatic hydroxyl groups is 5. The number of cyclic esters (lactones) is 1. The van der Waals surface area contributed by atoms with Crippen molar-refractivity contribution in [3.63, 3.8) is 0 Å². The first-order valence-electron chi connectivity index (χ1n) is 29.2. The van der Waals surface area contributed by atoms with Gasteiger partial charge in [0.05, 0.1) is 52.5 Å². The molecular weight excluding hydrogens is 1140 g/mol. The number of aromatic amines is 1. The summed E-state index contributed by atoms with van der Waals surface area (Å²) in [7, 11) is 6.49. The molecule has 12 rings (SSSR count). The molecule has 3 aliphatic carbocycles. The van der Waals surface area contributed by atoms with Crippen LogP contribution in [-0.4, -0.2) is 177 Å². The smallest absolute Gasteiger partial charge is 0.415 e. The first kappa shape index (κ1) is 62.2. The zero-order valence-corrected chi connectivity index (χ0v) is 49.9. The van der Waals surface area contributed by atoms with Crippen LogP contribution in [0.1, 0.15) is 114 Å². The van der Waals surface area contributed by atoms with Crippen LogP contribution in [0.4, 0.5) is 10.6 Å². The second kappa shape index (κ2) is 23.7. The van der Waals surface area contributed by atoms with Crippen molar-refractivity contribution in [3.8, 4) is 22.9 Å². The molecule has 0 spiro atoms. The number of likely N-dealkylation sites (tertiary alicyclic amines) is 2. The quantitative estimate of drug-likeness (QED) is 0.0428. The van der Waals surface area contributed by atoms with E-state index in [1.165, 1.54) is 87.8 Å². The Labute approximate surface area is 504 Å². The Kier molecular flexibility index (Phi) is 16.7. The van der Waals surface area contributed by atoms with Crippen LogP contribution in [0.15, 0.2) is 86.6 Å². The number of fused-ring (bicyclic) bond motifs is 8. The topological polar surface area (TPSA) is 396 Å². The van der Waals surface area contributed by atoms with Gasteiger partial charge < -0.3 is 70.9 Å². The Bertz CT molecular complexity index is 3870. The Hall–Kier alpha value is -8.89. The molecule has 2 fully saturated rings. The lowest BCUT2D eigenvalue weighted by atomic mass is 9.55. The number of rotatable bonds is 9. The van der Waals surface area contributed by atoms with Gasteiger partial charge in [0.2, 0.25) is 5.78 Å². The molecule has 466 valence electrons. The largest absolute Gasteiger partial charge is 0.510 e. The number of Topliss-reactive ketones (excluding diaryl/α,β-unsaturated/α-hetero) is 2. The minimum atomic E-state index is -2.75. The minimum Gasteiger partial charge on any atom is -0.510 e. The third-order valence-electron chi connectivity index (χ3n) is 18.2. The van der Waals surface area contributed by atoms with Crippen LogP contribution in [0.2, 0.25) is 0 Å². The Morgan fingerprint density at radius 2 is 1.60 bits per heavy atom. The number of amides is 3. The second-order valence-corrected chi connectivity index (χ2v) is 23.7. The number of pyridine rings is 2. The number of esters is 1. The van der Waals surface area contributed by atoms with Crippen LogP contribution in [-0.2, 0) is 49.9 Å². The van der Waals surface area contributed by atoms with Gasteiger partial charge in [0.25, 0.3) is 17.4 Å². The molecule has 11 N–H and O–H groups in total. The van der Waals surface area contributed by atoms with Crippen molar-refractivity contribution in [2.75, 3.05) is 54.4 Å². The monoisotopic (exact) mass is 1210 g/mol. The van der Waals surface area contributed by atoms with Gasteiger partial charge in [0.1, 0.15) is 35.2 Å². The number of aromatic hydroxyl groups is 1. The molecule has 0 saturated carbocycles. The lowest BCUT2D eigenvalue weighted by molar-refractivity contribution is -0.172. The lowest BCUT2D eigenvalue weighted by Crippen LogP contribution is -2.65. The summed E-state index contributed by atoms with van der Waals surface area (Å²) in [5.74, 6) is -8.52. The molecule has 5 aromatic rings. The van der Waals surface area contributed by atoms with Crippen LogP contribution in [0.3, 0.4) is 0 Å². The number of carbonyl (C=O) groups is 6. The highest BCUT2D eigenvalue weighted by Gasteiger charge is 2.65. The molecule has 27 nitrogen and oxygen atoms in total. The van der Waals surface area contributed by atoms with Crippen LogP contribution < -0.4 is 21.8 Å². The number of benzene rings is 2. The van der Waals surface area contributed by atoms with Gasteiger partial charge in [-0.1, -0.05) is 37.6 Å². The molecule has 0 bridgehead atoms. The number of aromatic nitrogens is 4. The van der Waals surface area contributed by atoms with Gasteiger partial charge >= 0.3 is 12.1 Å². The number of nitrogens with one attached hydrogen (secondary N) is 1. The number of likely N-dealkylation sites (N-methyl/N-ethyl adjacent to an activating group) is 1. The number of piperidine rings is 2. The number of phenols is 1. The predicted molar refractivity (Wildman–Crippen MR) is 315 cm³/mol. The average molecular weight is 1210 g/mol.